The highest BCUT2D eigenvalue weighted by Gasteiger charge is 2.34. The predicted octanol–water partition coefficient (Wildman–Crippen LogP) is 1.24. The number of rotatable bonds is 5. The lowest BCUT2D eigenvalue weighted by Gasteiger charge is -2.40. The number of hydrogen-bond donors (Lipinski definition) is 3. The molecular formula is C12H23NO3. The summed E-state index contributed by atoms with van der Waals surface area (Å²) in [6.45, 7) is 4.41. The Morgan fingerprint density at radius 2 is 2.31 bits per heavy atom. The van der Waals surface area contributed by atoms with E-state index in [1.165, 1.54) is 6.42 Å². The number of carboxylic acid groups (broad SMARTS) is 1. The highest BCUT2D eigenvalue weighted by atomic mass is 16.4. The van der Waals surface area contributed by atoms with E-state index in [-0.39, 0.29) is 12.1 Å². The summed E-state index contributed by atoms with van der Waals surface area (Å²) in [5.74, 6) is -0.585. The molecule has 1 aliphatic rings. The Hall–Kier alpha value is -0.610. The molecular weight excluding hydrogens is 206 g/mol. The summed E-state index contributed by atoms with van der Waals surface area (Å²) < 4.78 is 0. The average molecular weight is 229 g/mol. The lowest BCUT2D eigenvalue weighted by molar-refractivity contribution is -0.141. The van der Waals surface area contributed by atoms with Crippen molar-refractivity contribution in [1.29, 1.82) is 0 Å². The lowest BCUT2D eigenvalue weighted by Crippen LogP contribution is -2.53. The third-order valence-electron chi connectivity index (χ3n) is 3.60. The third kappa shape index (κ3) is 3.46. The summed E-state index contributed by atoms with van der Waals surface area (Å²) in [4.78, 5) is 10.7. The molecule has 4 heteroatoms. The van der Waals surface area contributed by atoms with E-state index in [1.54, 1.807) is 6.92 Å². The molecule has 0 aromatic heterocycles. The van der Waals surface area contributed by atoms with Gasteiger partial charge in [0.05, 0.1) is 12.5 Å². The summed E-state index contributed by atoms with van der Waals surface area (Å²) in [5, 5.41) is 21.6. The minimum absolute atomic E-state index is 0.101. The van der Waals surface area contributed by atoms with E-state index in [0.717, 1.165) is 19.3 Å². The van der Waals surface area contributed by atoms with Crippen molar-refractivity contribution in [3.05, 3.63) is 0 Å². The van der Waals surface area contributed by atoms with Crippen molar-refractivity contribution in [2.75, 3.05) is 13.2 Å². The van der Waals surface area contributed by atoms with Gasteiger partial charge in [-0.05, 0) is 18.8 Å². The summed E-state index contributed by atoms with van der Waals surface area (Å²) >= 11 is 0. The highest BCUT2D eigenvalue weighted by molar-refractivity contribution is 5.69. The number of aliphatic hydroxyl groups excluding tert-OH is 1. The summed E-state index contributed by atoms with van der Waals surface area (Å²) in [7, 11) is 0. The standard InChI is InChI=1S/C12H23NO3/c1-9-4-3-5-12(6-9,8-14)13-7-10(2)11(15)16/h9-10,13-14H,3-8H2,1-2H3,(H,15,16). The molecule has 16 heavy (non-hydrogen) atoms. The monoisotopic (exact) mass is 229 g/mol. The van der Waals surface area contributed by atoms with Crippen molar-refractivity contribution < 1.29 is 15.0 Å². The Labute approximate surface area is 97.0 Å². The van der Waals surface area contributed by atoms with Crippen LogP contribution in [0.15, 0.2) is 0 Å². The maximum atomic E-state index is 10.7. The summed E-state index contributed by atoms with van der Waals surface area (Å²) in [6, 6.07) is 0. The van der Waals surface area contributed by atoms with Crippen molar-refractivity contribution in [3.63, 3.8) is 0 Å². The molecule has 0 heterocycles. The van der Waals surface area contributed by atoms with Crippen LogP contribution in [0.1, 0.15) is 39.5 Å². The van der Waals surface area contributed by atoms with E-state index in [0.29, 0.717) is 12.5 Å². The molecule has 0 radical (unpaired) electrons. The fraction of sp³-hybridized carbons (Fsp3) is 0.917. The van der Waals surface area contributed by atoms with Gasteiger partial charge in [-0.15, -0.1) is 0 Å². The molecule has 0 bridgehead atoms. The van der Waals surface area contributed by atoms with Crippen LogP contribution in [-0.4, -0.2) is 34.9 Å². The number of nitrogens with one attached hydrogen (secondary N) is 1. The number of aliphatic carboxylic acids is 1. The second kappa shape index (κ2) is 5.64. The van der Waals surface area contributed by atoms with Crippen molar-refractivity contribution in [1.82, 2.24) is 5.32 Å². The Balaban J connectivity index is 2.49. The molecule has 3 unspecified atom stereocenters. The second-order valence-corrected chi connectivity index (χ2v) is 5.26. The molecule has 1 saturated carbocycles. The van der Waals surface area contributed by atoms with Gasteiger partial charge < -0.3 is 15.5 Å². The van der Waals surface area contributed by atoms with Crippen LogP contribution in [-0.2, 0) is 4.79 Å². The van der Waals surface area contributed by atoms with Gasteiger partial charge in [-0.25, -0.2) is 0 Å². The van der Waals surface area contributed by atoms with Gasteiger partial charge in [0, 0.05) is 12.1 Å². The summed E-state index contributed by atoms with van der Waals surface area (Å²) in [5.41, 5.74) is -0.249. The third-order valence-corrected chi connectivity index (χ3v) is 3.60. The van der Waals surface area contributed by atoms with Crippen LogP contribution < -0.4 is 5.32 Å². The topological polar surface area (TPSA) is 69.6 Å². The van der Waals surface area contributed by atoms with E-state index >= 15 is 0 Å². The van der Waals surface area contributed by atoms with Gasteiger partial charge in [-0.3, -0.25) is 4.79 Å². The minimum atomic E-state index is -0.788. The van der Waals surface area contributed by atoms with Crippen LogP contribution in [0.5, 0.6) is 0 Å². The zero-order chi connectivity index (χ0) is 12.2. The zero-order valence-electron chi connectivity index (χ0n) is 10.2. The first-order valence-electron chi connectivity index (χ1n) is 6.08. The van der Waals surface area contributed by atoms with E-state index in [4.69, 9.17) is 5.11 Å². The molecule has 0 aromatic rings. The van der Waals surface area contributed by atoms with Crippen molar-refractivity contribution in [2.45, 2.75) is 45.1 Å². The maximum Gasteiger partial charge on any atom is 0.307 e. The SMILES string of the molecule is CC1CCCC(CO)(NCC(C)C(=O)O)C1. The van der Waals surface area contributed by atoms with Crippen LogP contribution >= 0.6 is 0 Å². The van der Waals surface area contributed by atoms with E-state index in [1.807, 2.05) is 0 Å². The molecule has 0 amide bonds. The van der Waals surface area contributed by atoms with E-state index in [2.05, 4.69) is 12.2 Å². The van der Waals surface area contributed by atoms with Gasteiger partial charge in [0.25, 0.3) is 0 Å². The Morgan fingerprint density at radius 1 is 1.62 bits per heavy atom. The van der Waals surface area contributed by atoms with Gasteiger partial charge in [0.15, 0.2) is 0 Å². The van der Waals surface area contributed by atoms with Crippen LogP contribution in [0, 0.1) is 11.8 Å². The second-order valence-electron chi connectivity index (χ2n) is 5.26. The maximum absolute atomic E-state index is 10.7. The first-order chi connectivity index (χ1) is 7.49. The van der Waals surface area contributed by atoms with Gasteiger partial charge in [-0.1, -0.05) is 26.7 Å². The fourth-order valence-corrected chi connectivity index (χ4v) is 2.48. The highest BCUT2D eigenvalue weighted by Crippen LogP contribution is 2.31. The Morgan fingerprint density at radius 3 is 2.81 bits per heavy atom. The molecule has 0 spiro atoms. The lowest BCUT2D eigenvalue weighted by atomic mass is 9.76. The molecule has 4 nitrogen and oxygen atoms in total. The van der Waals surface area contributed by atoms with Gasteiger partial charge in [0.2, 0.25) is 0 Å². The van der Waals surface area contributed by atoms with Crippen LogP contribution in [0.4, 0.5) is 0 Å². The quantitative estimate of drug-likeness (QED) is 0.663. The molecule has 3 N–H and O–H groups in total. The smallest absolute Gasteiger partial charge is 0.307 e. The normalized spacial score (nSPS) is 32.3. The number of carboxylic acids is 1. The van der Waals surface area contributed by atoms with E-state index < -0.39 is 11.9 Å². The first kappa shape index (κ1) is 13.5. The fourth-order valence-electron chi connectivity index (χ4n) is 2.48. The number of hydrogen-bond acceptors (Lipinski definition) is 3. The average Bonchev–Trinajstić information content (AvgIpc) is 2.26. The van der Waals surface area contributed by atoms with Gasteiger partial charge in [-0.2, -0.15) is 0 Å². The number of carbonyl (C=O) groups is 1. The van der Waals surface area contributed by atoms with Gasteiger partial charge in [0.1, 0.15) is 0 Å². The van der Waals surface area contributed by atoms with Crippen molar-refractivity contribution in [2.24, 2.45) is 11.8 Å². The zero-order valence-corrected chi connectivity index (χ0v) is 10.2. The molecule has 94 valence electrons. The predicted molar refractivity (Wildman–Crippen MR) is 62.3 cm³/mol. The molecule has 1 aliphatic carbocycles. The Kier molecular flexibility index (Phi) is 4.74. The van der Waals surface area contributed by atoms with Crippen molar-refractivity contribution in [3.8, 4) is 0 Å². The first-order valence-corrected chi connectivity index (χ1v) is 6.08. The van der Waals surface area contributed by atoms with Crippen LogP contribution in [0.2, 0.25) is 0 Å². The van der Waals surface area contributed by atoms with E-state index in [9.17, 15) is 9.90 Å². The molecule has 1 rings (SSSR count). The summed E-state index contributed by atoms with van der Waals surface area (Å²) in [6.07, 6.45) is 4.20. The molecule has 0 saturated heterocycles. The van der Waals surface area contributed by atoms with Crippen LogP contribution in [0.25, 0.3) is 0 Å². The molecule has 1 fully saturated rings. The number of aliphatic hydroxyl groups is 1. The molecule has 0 aliphatic heterocycles. The van der Waals surface area contributed by atoms with Gasteiger partial charge >= 0.3 is 5.97 Å². The molecule has 3 atom stereocenters. The Bertz CT molecular complexity index is 244. The van der Waals surface area contributed by atoms with Crippen molar-refractivity contribution >= 4 is 5.97 Å². The minimum Gasteiger partial charge on any atom is -0.481 e. The van der Waals surface area contributed by atoms with Crippen LogP contribution in [0.3, 0.4) is 0 Å². The molecule has 0 aromatic carbocycles. The largest absolute Gasteiger partial charge is 0.481 e.